The molecule has 3 rings (SSSR count). The van der Waals surface area contributed by atoms with Gasteiger partial charge in [-0.15, -0.1) is 0 Å². The van der Waals surface area contributed by atoms with Gasteiger partial charge in [0.1, 0.15) is 6.54 Å². The first kappa shape index (κ1) is 18.4. The van der Waals surface area contributed by atoms with E-state index < -0.39 is 0 Å². The number of likely N-dealkylation sites (tertiary alicyclic amines) is 1. The maximum atomic E-state index is 12.4. The minimum absolute atomic E-state index is 0.0336. The largest absolute Gasteiger partial charge is 0.352 e. The topological polar surface area (TPSA) is 96.3 Å². The van der Waals surface area contributed by atoms with Crippen LogP contribution in [0.4, 0.5) is 5.69 Å². The van der Waals surface area contributed by atoms with Crippen molar-refractivity contribution >= 4 is 23.4 Å². The fourth-order valence-corrected chi connectivity index (χ4v) is 3.68. The van der Waals surface area contributed by atoms with Crippen molar-refractivity contribution in [3.05, 3.63) is 12.4 Å². The van der Waals surface area contributed by atoms with E-state index in [1.54, 1.807) is 11.1 Å². The van der Waals surface area contributed by atoms with Crippen LogP contribution in [0.1, 0.15) is 45.4 Å². The molecular formula is C18H27N5O3. The summed E-state index contributed by atoms with van der Waals surface area (Å²) in [5.74, 6) is -0.532. The summed E-state index contributed by atoms with van der Waals surface area (Å²) in [4.78, 5) is 38.0. The normalized spacial score (nSPS) is 20.6. The van der Waals surface area contributed by atoms with Crippen LogP contribution in [0.2, 0.25) is 0 Å². The van der Waals surface area contributed by atoms with Crippen molar-refractivity contribution in [1.82, 2.24) is 20.0 Å². The number of rotatable bonds is 7. The molecule has 1 aromatic heterocycles. The van der Waals surface area contributed by atoms with Crippen molar-refractivity contribution in [2.75, 3.05) is 18.4 Å². The number of hydrogen-bond donors (Lipinski definition) is 2. The lowest BCUT2D eigenvalue weighted by atomic mass is 10.1. The quantitative estimate of drug-likeness (QED) is 0.761. The smallest absolute Gasteiger partial charge is 0.241 e. The summed E-state index contributed by atoms with van der Waals surface area (Å²) in [6.07, 6.45) is 8.74. The molecule has 2 heterocycles. The van der Waals surface area contributed by atoms with Crippen molar-refractivity contribution in [1.29, 1.82) is 0 Å². The number of carbonyl (C=O) groups is 3. The molecule has 0 bridgehead atoms. The average Bonchev–Trinajstić information content (AvgIpc) is 3.31. The van der Waals surface area contributed by atoms with Crippen molar-refractivity contribution in [3.63, 3.8) is 0 Å². The molecular weight excluding hydrogens is 334 g/mol. The van der Waals surface area contributed by atoms with Crippen LogP contribution >= 0.6 is 0 Å². The second kappa shape index (κ2) is 8.33. The SMILES string of the molecule is CCCN1C[C@@H](C(=O)Nc2cnn(CC(=O)NC3CCCC3)c2)CC1=O. The highest BCUT2D eigenvalue weighted by Gasteiger charge is 2.33. The van der Waals surface area contributed by atoms with Crippen LogP contribution in [-0.4, -0.2) is 51.5 Å². The zero-order valence-corrected chi connectivity index (χ0v) is 15.2. The predicted molar refractivity (Wildman–Crippen MR) is 96.2 cm³/mol. The first-order valence-corrected chi connectivity index (χ1v) is 9.45. The number of anilines is 1. The van der Waals surface area contributed by atoms with Crippen LogP contribution in [0.15, 0.2) is 12.4 Å². The molecule has 1 saturated heterocycles. The fraction of sp³-hybridized carbons (Fsp3) is 0.667. The van der Waals surface area contributed by atoms with Gasteiger partial charge in [0.2, 0.25) is 17.7 Å². The maximum absolute atomic E-state index is 12.4. The molecule has 26 heavy (non-hydrogen) atoms. The summed E-state index contributed by atoms with van der Waals surface area (Å²) in [6.45, 7) is 3.31. The third kappa shape index (κ3) is 4.62. The Bertz CT molecular complexity index is 666. The minimum Gasteiger partial charge on any atom is -0.352 e. The molecule has 2 aliphatic rings. The van der Waals surface area contributed by atoms with E-state index in [-0.39, 0.29) is 42.6 Å². The molecule has 8 nitrogen and oxygen atoms in total. The van der Waals surface area contributed by atoms with Crippen LogP contribution in [-0.2, 0) is 20.9 Å². The lowest BCUT2D eigenvalue weighted by molar-refractivity contribution is -0.128. The molecule has 8 heteroatoms. The molecule has 1 aromatic rings. The highest BCUT2D eigenvalue weighted by atomic mass is 16.2. The van der Waals surface area contributed by atoms with Gasteiger partial charge in [-0.05, 0) is 19.3 Å². The Labute approximate surface area is 153 Å². The van der Waals surface area contributed by atoms with Gasteiger partial charge in [-0.1, -0.05) is 19.8 Å². The van der Waals surface area contributed by atoms with E-state index in [2.05, 4.69) is 15.7 Å². The first-order valence-electron chi connectivity index (χ1n) is 9.45. The summed E-state index contributed by atoms with van der Waals surface area (Å²) in [7, 11) is 0. The third-order valence-corrected chi connectivity index (χ3v) is 5.01. The Hall–Kier alpha value is -2.38. The molecule has 1 atom stereocenters. The molecule has 1 aliphatic carbocycles. The minimum atomic E-state index is -0.330. The number of nitrogens with one attached hydrogen (secondary N) is 2. The van der Waals surface area contributed by atoms with Crippen molar-refractivity contribution in [3.8, 4) is 0 Å². The van der Waals surface area contributed by atoms with Crippen molar-refractivity contribution < 1.29 is 14.4 Å². The third-order valence-electron chi connectivity index (χ3n) is 5.01. The van der Waals surface area contributed by atoms with Crippen LogP contribution in [0.5, 0.6) is 0 Å². The van der Waals surface area contributed by atoms with Crippen LogP contribution in [0, 0.1) is 5.92 Å². The Morgan fingerprint density at radius 1 is 1.31 bits per heavy atom. The van der Waals surface area contributed by atoms with Gasteiger partial charge in [0.05, 0.1) is 17.8 Å². The molecule has 142 valence electrons. The standard InChI is InChI=1S/C18H27N5O3/c1-2-7-22-10-13(8-17(22)25)18(26)21-15-9-19-23(11-15)12-16(24)20-14-5-3-4-6-14/h9,11,13-14H,2-8,10,12H2,1H3,(H,20,24)(H,21,26)/t13-/m0/s1. The molecule has 1 aliphatic heterocycles. The van der Waals surface area contributed by atoms with Crippen molar-refractivity contribution in [2.45, 2.75) is 58.0 Å². The van der Waals surface area contributed by atoms with E-state index in [0.717, 1.165) is 19.3 Å². The fourth-order valence-electron chi connectivity index (χ4n) is 3.68. The van der Waals surface area contributed by atoms with E-state index in [4.69, 9.17) is 0 Å². The molecule has 0 radical (unpaired) electrons. The lowest BCUT2D eigenvalue weighted by Gasteiger charge is -2.14. The molecule has 3 amide bonds. The highest BCUT2D eigenvalue weighted by Crippen LogP contribution is 2.20. The summed E-state index contributed by atoms with van der Waals surface area (Å²) in [6, 6.07) is 0.281. The second-order valence-corrected chi connectivity index (χ2v) is 7.21. The van der Waals surface area contributed by atoms with Crippen LogP contribution < -0.4 is 10.6 Å². The molecule has 1 saturated carbocycles. The van der Waals surface area contributed by atoms with Gasteiger partial charge in [-0.2, -0.15) is 5.10 Å². The van der Waals surface area contributed by atoms with Crippen LogP contribution in [0.25, 0.3) is 0 Å². The summed E-state index contributed by atoms with van der Waals surface area (Å²) in [5.41, 5.74) is 0.546. The molecule has 2 N–H and O–H groups in total. The lowest BCUT2D eigenvalue weighted by Crippen LogP contribution is -2.35. The van der Waals surface area contributed by atoms with Gasteiger partial charge in [0, 0.05) is 31.7 Å². The number of nitrogens with zero attached hydrogens (tertiary/aromatic N) is 3. The Morgan fingerprint density at radius 3 is 2.81 bits per heavy atom. The van der Waals surface area contributed by atoms with Crippen molar-refractivity contribution in [2.24, 2.45) is 5.92 Å². The molecule has 0 aromatic carbocycles. The van der Waals surface area contributed by atoms with Crippen LogP contribution in [0.3, 0.4) is 0 Å². The van der Waals surface area contributed by atoms with Gasteiger partial charge in [0.25, 0.3) is 0 Å². The van der Waals surface area contributed by atoms with Gasteiger partial charge in [-0.25, -0.2) is 0 Å². The van der Waals surface area contributed by atoms with E-state index in [1.807, 2.05) is 6.92 Å². The summed E-state index contributed by atoms with van der Waals surface area (Å²) < 4.78 is 1.52. The zero-order valence-electron chi connectivity index (χ0n) is 15.2. The highest BCUT2D eigenvalue weighted by molar-refractivity contribution is 5.97. The van der Waals surface area contributed by atoms with Gasteiger partial charge in [0.15, 0.2) is 0 Å². The summed E-state index contributed by atoms with van der Waals surface area (Å²) >= 11 is 0. The van der Waals surface area contributed by atoms with E-state index in [0.29, 0.717) is 18.8 Å². The molecule has 0 spiro atoms. The molecule has 0 unspecified atom stereocenters. The number of aromatic nitrogens is 2. The predicted octanol–water partition coefficient (Wildman–Crippen LogP) is 1.14. The second-order valence-electron chi connectivity index (χ2n) is 7.21. The monoisotopic (exact) mass is 361 g/mol. The first-order chi connectivity index (χ1) is 12.5. The van der Waals surface area contributed by atoms with Gasteiger partial charge in [-0.3, -0.25) is 19.1 Å². The van der Waals surface area contributed by atoms with E-state index in [9.17, 15) is 14.4 Å². The summed E-state index contributed by atoms with van der Waals surface area (Å²) in [5, 5.41) is 9.95. The number of amides is 3. The average molecular weight is 361 g/mol. The zero-order chi connectivity index (χ0) is 18.5. The Morgan fingerprint density at radius 2 is 2.08 bits per heavy atom. The number of carbonyl (C=O) groups excluding carboxylic acids is 3. The van der Waals surface area contributed by atoms with E-state index in [1.165, 1.54) is 23.7 Å². The Kier molecular flexibility index (Phi) is 5.90. The van der Waals surface area contributed by atoms with Gasteiger partial charge < -0.3 is 15.5 Å². The Balaban J connectivity index is 1.48. The van der Waals surface area contributed by atoms with E-state index >= 15 is 0 Å². The van der Waals surface area contributed by atoms with Gasteiger partial charge >= 0.3 is 0 Å². The molecule has 2 fully saturated rings. The maximum Gasteiger partial charge on any atom is 0.241 e. The number of hydrogen-bond acceptors (Lipinski definition) is 4.